The molecule has 1 aromatic heterocycles. The van der Waals surface area contributed by atoms with Crippen LogP contribution in [0.15, 0.2) is 36.4 Å². The highest BCUT2D eigenvalue weighted by Crippen LogP contribution is 2.19. The Hall–Kier alpha value is -1.45. The van der Waals surface area contributed by atoms with Crippen molar-refractivity contribution in [2.75, 3.05) is 0 Å². The van der Waals surface area contributed by atoms with E-state index >= 15 is 0 Å². The Morgan fingerprint density at radius 2 is 1.78 bits per heavy atom. The Morgan fingerprint density at radius 1 is 1.11 bits per heavy atom. The number of Topliss-reactive ketones (excluding diaryl/α,β-unsaturated/α-hetero) is 1. The average molecular weight is 259 g/mol. The molecule has 1 heterocycles. The van der Waals surface area contributed by atoms with Gasteiger partial charge in [-0.15, -0.1) is 11.3 Å². The first-order valence-electron chi connectivity index (χ1n) is 6.12. The highest BCUT2D eigenvalue weighted by atomic mass is 32.1. The third kappa shape index (κ3) is 3.06. The largest absolute Gasteiger partial charge is 0.326 e. The fourth-order valence-electron chi connectivity index (χ4n) is 1.78. The van der Waals surface area contributed by atoms with Crippen LogP contribution in [0.1, 0.15) is 32.6 Å². The zero-order valence-corrected chi connectivity index (χ0v) is 11.3. The Kier molecular flexibility index (Phi) is 4.28. The molecule has 2 rings (SSSR count). The minimum atomic E-state index is 0.195. The smallest absolute Gasteiger partial charge is 0.177 e. The summed E-state index contributed by atoms with van der Waals surface area (Å²) in [6.07, 6.45) is 1.46. The zero-order valence-electron chi connectivity index (χ0n) is 10.5. The van der Waals surface area contributed by atoms with Gasteiger partial charge in [-0.05, 0) is 29.7 Å². The number of thiophene rings is 1. The first-order chi connectivity index (χ1) is 8.72. The Bertz CT molecular complexity index is 528. The van der Waals surface area contributed by atoms with E-state index in [0.29, 0.717) is 13.0 Å². The molecular formula is C15H17NOS. The van der Waals surface area contributed by atoms with Gasteiger partial charge in [0.2, 0.25) is 0 Å². The SMILES string of the molecule is CCc1ccc(C(=O)Cc2ccc(CN)cc2)s1. The van der Waals surface area contributed by atoms with Gasteiger partial charge in [-0.3, -0.25) is 4.79 Å². The number of carbonyl (C=O) groups is 1. The molecule has 0 radical (unpaired) electrons. The molecule has 0 aliphatic rings. The van der Waals surface area contributed by atoms with E-state index in [1.165, 1.54) is 4.88 Å². The summed E-state index contributed by atoms with van der Waals surface area (Å²) in [5.41, 5.74) is 7.68. The molecule has 18 heavy (non-hydrogen) atoms. The van der Waals surface area contributed by atoms with Crippen molar-refractivity contribution in [2.24, 2.45) is 5.73 Å². The van der Waals surface area contributed by atoms with Crippen molar-refractivity contribution in [3.63, 3.8) is 0 Å². The van der Waals surface area contributed by atoms with E-state index in [0.717, 1.165) is 22.4 Å². The second kappa shape index (κ2) is 5.94. The Labute approximate surface area is 111 Å². The highest BCUT2D eigenvalue weighted by molar-refractivity contribution is 7.14. The van der Waals surface area contributed by atoms with E-state index in [1.807, 2.05) is 36.4 Å². The summed E-state index contributed by atoms with van der Waals surface area (Å²) < 4.78 is 0. The van der Waals surface area contributed by atoms with Crippen LogP contribution in [0.3, 0.4) is 0 Å². The van der Waals surface area contributed by atoms with E-state index < -0.39 is 0 Å². The van der Waals surface area contributed by atoms with Crippen LogP contribution in [0.2, 0.25) is 0 Å². The Morgan fingerprint density at radius 3 is 2.33 bits per heavy atom. The molecule has 2 aromatic rings. The molecule has 1 aromatic carbocycles. The first-order valence-corrected chi connectivity index (χ1v) is 6.94. The van der Waals surface area contributed by atoms with Crippen molar-refractivity contribution in [3.05, 3.63) is 57.3 Å². The molecule has 94 valence electrons. The van der Waals surface area contributed by atoms with Gasteiger partial charge in [0, 0.05) is 17.8 Å². The maximum absolute atomic E-state index is 12.1. The van der Waals surface area contributed by atoms with Crippen molar-refractivity contribution in [3.8, 4) is 0 Å². The number of carbonyl (C=O) groups excluding carboxylic acids is 1. The predicted molar refractivity (Wildman–Crippen MR) is 76.1 cm³/mol. The maximum atomic E-state index is 12.1. The second-order valence-corrected chi connectivity index (χ2v) is 5.41. The zero-order chi connectivity index (χ0) is 13.0. The molecule has 0 aliphatic heterocycles. The van der Waals surface area contributed by atoms with Gasteiger partial charge in [-0.1, -0.05) is 31.2 Å². The van der Waals surface area contributed by atoms with Gasteiger partial charge in [-0.2, -0.15) is 0 Å². The number of benzene rings is 1. The number of hydrogen-bond acceptors (Lipinski definition) is 3. The van der Waals surface area contributed by atoms with Crippen LogP contribution in [0, 0.1) is 0 Å². The fourth-order valence-corrected chi connectivity index (χ4v) is 2.67. The van der Waals surface area contributed by atoms with Gasteiger partial charge in [0.1, 0.15) is 0 Å². The fraction of sp³-hybridized carbons (Fsp3) is 0.267. The maximum Gasteiger partial charge on any atom is 0.177 e. The van der Waals surface area contributed by atoms with E-state index in [9.17, 15) is 4.79 Å². The summed E-state index contributed by atoms with van der Waals surface area (Å²) in [6, 6.07) is 11.9. The van der Waals surface area contributed by atoms with Gasteiger partial charge in [0.25, 0.3) is 0 Å². The lowest BCUT2D eigenvalue weighted by molar-refractivity contribution is 0.0997. The standard InChI is InChI=1S/C15H17NOS/c1-2-13-7-8-15(18-13)14(17)9-11-3-5-12(10-16)6-4-11/h3-8H,2,9-10,16H2,1H3. The van der Waals surface area contributed by atoms with Crippen molar-refractivity contribution >= 4 is 17.1 Å². The van der Waals surface area contributed by atoms with Gasteiger partial charge in [-0.25, -0.2) is 0 Å². The van der Waals surface area contributed by atoms with Crippen LogP contribution in [-0.4, -0.2) is 5.78 Å². The number of rotatable bonds is 5. The molecule has 0 fully saturated rings. The van der Waals surface area contributed by atoms with Crippen molar-refractivity contribution in [2.45, 2.75) is 26.3 Å². The summed E-state index contributed by atoms with van der Waals surface area (Å²) in [5.74, 6) is 0.195. The molecular weight excluding hydrogens is 242 g/mol. The van der Waals surface area contributed by atoms with Crippen molar-refractivity contribution in [1.82, 2.24) is 0 Å². The lowest BCUT2D eigenvalue weighted by atomic mass is 10.1. The van der Waals surface area contributed by atoms with Crippen LogP contribution in [0.4, 0.5) is 0 Å². The number of aryl methyl sites for hydroxylation is 1. The monoisotopic (exact) mass is 259 g/mol. The van der Waals surface area contributed by atoms with Gasteiger partial charge in [0.15, 0.2) is 5.78 Å². The topological polar surface area (TPSA) is 43.1 Å². The quantitative estimate of drug-likeness (QED) is 0.838. The van der Waals surface area contributed by atoms with Crippen LogP contribution < -0.4 is 5.73 Å². The number of nitrogens with two attached hydrogens (primary N) is 1. The van der Waals surface area contributed by atoms with E-state index in [2.05, 4.69) is 6.92 Å². The van der Waals surface area contributed by atoms with E-state index in [4.69, 9.17) is 5.73 Å². The summed E-state index contributed by atoms with van der Waals surface area (Å²) >= 11 is 1.60. The lowest BCUT2D eigenvalue weighted by Crippen LogP contribution is -2.02. The minimum Gasteiger partial charge on any atom is -0.326 e. The summed E-state index contributed by atoms with van der Waals surface area (Å²) in [7, 11) is 0. The third-order valence-electron chi connectivity index (χ3n) is 2.91. The molecule has 2 nitrogen and oxygen atoms in total. The summed E-state index contributed by atoms with van der Waals surface area (Å²) in [5, 5.41) is 0. The molecule has 0 atom stereocenters. The van der Waals surface area contributed by atoms with E-state index in [-0.39, 0.29) is 5.78 Å². The first kappa shape index (κ1) is 13.0. The minimum absolute atomic E-state index is 0.195. The van der Waals surface area contributed by atoms with Crippen LogP contribution in [-0.2, 0) is 19.4 Å². The third-order valence-corrected chi connectivity index (χ3v) is 4.18. The van der Waals surface area contributed by atoms with Gasteiger partial charge >= 0.3 is 0 Å². The number of ketones is 1. The molecule has 0 unspecified atom stereocenters. The molecule has 0 spiro atoms. The summed E-state index contributed by atoms with van der Waals surface area (Å²) in [4.78, 5) is 14.2. The van der Waals surface area contributed by atoms with Gasteiger partial charge in [0.05, 0.1) is 4.88 Å². The average Bonchev–Trinajstić information content (AvgIpc) is 2.88. The molecule has 2 N–H and O–H groups in total. The predicted octanol–water partition coefficient (Wildman–Crippen LogP) is 3.19. The van der Waals surface area contributed by atoms with Gasteiger partial charge < -0.3 is 5.73 Å². The van der Waals surface area contributed by atoms with Crippen molar-refractivity contribution < 1.29 is 4.79 Å². The second-order valence-electron chi connectivity index (χ2n) is 4.24. The molecule has 0 saturated carbocycles. The highest BCUT2D eigenvalue weighted by Gasteiger charge is 2.09. The molecule has 0 saturated heterocycles. The van der Waals surface area contributed by atoms with Crippen LogP contribution in [0.25, 0.3) is 0 Å². The molecule has 0 aliphatic carbocycles. The molecule has 3 heteroatoms. The lowest BCUT2D eigenvalue weighted by Gasteiger charge is -2.01. The molecule has 0 bridgehead atoms. The Balaban J connectivity index is 2.06. The summed E-state index contributed by atoms with van der Waals surface area (Å²) in [6.45, 7) is 2.64. The van der Waals surface area contributed by atoms with E-state index in [1.54, 1.807) is 11.3 Å². The van der Waals surface area contributed by atoms with Crippen molar-refractivity contribution in [1.29, 1.82) is 0 Å². The number of hydrogen-bond donors (Lipinski definition) is 1. The van der Waals surface area contributed by atoms with Crippen LogP contribution in [0.5, 0.6) is 0 Å². The normalized spacial score (nSPS) is 10.6. The van der Waals surface area contributed by atoms with Crippen LogP contribution >= 0.6 is 11.3 Å². The molecule has 0 amide bonds.